The number of benzene rings is 3. The lowest BCUT2D eigenvalue weighted by atomic mass is 10.1. The summed E-state index contributed by atoms with van der Waals surface area (Å²) in [5.74, 6) is 1.35. The number of anilines is 1. The Bertz CT molecular complexity index is 1310. The molecule has 0 saturated carbocycles. The molecule has 0 atom stereocenters. The van der Waals surface area contributed by atoms with Crippen molar-refractivity contribution in [3.8, 4) is 17.2 Å². The van der Waals surface area contributed by atoms with Gasteiger partial charge in [0.2, 0.25) is 6.79 Å². The van der Waals surface area contributed by atoms with Crippen LogP contribution in [-0.4, -0.2) is 24.9 Å². The van der Waals surface area contributed by atoms with E-state index in [1.165, 1.54) is 0 Å². The highest BCUT2D eigenvalue weighted by Crippen LogP contribution is 2.36. The van der Waals surface area contributed by atoms with Gasteiger partial charge in [0.15, 0.2) is 16.6 Å². The minimum absolute atomic E-state index is 0.131. The molecular formula is C22H16N2O5S. The lowest BCUT2D eigenvalue weighted by molar-refractivity contribution is 0.0977. The molecular weight excluding hydrogens is 404 g/mol. The molecule has 1 aliphatic heterocycles. The first kappa shape index (κ1) is 18.3. The van der Waals surface area contributed by atoms with Gasteiger partial charge in [0.25, 0.3) is 5.91 Å². The predicted molar refractivity (Wildman–Crippen MR) is 117 cm³/mol. The quantitative estimate of drug-likeness (QED) is 0.474. The smallest absolute Gasteiger partial charge is 0.257 e. The zero-order valence-electron chi connectivity index (χ0n) is 15.9. The third-order valence-corrected chi connectivity index (χ3v) is 5.01. The summed E-state index contributed by atoms with van der Waals surface area (Å²) in [5, 5.41) is 7.73. The van der Waals surface area contributed by atoms with Gasteiger partial charge in [0.05, 0.1) is 12.8 Å². The van der Waals surface area contributed by atoms with Gasteiger partial charge in [-0.25, -0.2) is 0 Å². The van der Waals surface area contributed by atoms with Gasteiger partial charge in [0.1, 0.15) is 16.9 Å². The first-order chi connectivity index (χ1) is 14.6. The molecule has 7 nitrogen and oxygen atoms in total. The Morgan fingerprint density at radius 3 is 2.70 bits per heavy atom. The van der Waals surface area contributed by atoms with E-state index < -0.39 is 0 Å². The van der Waals surface area contributed by atoms with E-state index in [2.05, 4.69) is 10.6 Å². The highest BCUT2D eigenvalue weighted by Gasteiger charge is 2.18. The monoisotopic (exact) mass is 420 g/mol. The molecule has 1 aromatic heterocycles. The zero-order chi connectivity index (χ0) is 20.7. The van der Waals surface area contributed by atoms with Gasteiger partial charge in [-0.1, -0.05) is 18.2 Å². The Kier molecular flexibility index (Phi) is 4.40. The van der Waals surface area contributed by atoms with Crippen LogP contribution in [0.25, 0.3) is 21.9 Å². The molecule has 3 aromatic carbocycles. The molecule has 0 bridgehead atoms. The van der Waals surface area contributed by atoms with Gasteiger partial charge in [-0.3, -0.25) is 10.1 Å². The van der Waals surface area contributed by atoms with E-state index in [9.17, 15) is 4.79 Å². The highest BCUT2D eigenvalue weighted by atomic mass is 32.1. The molecule has 30 heavy (non-hydrogen) atoms. The molecule has 0 spiro atoms. The van der Waals surface area contributed by atoms with Crippen LogP contribution in [0.15, 0.2) is 59.0 Å². The van der Waals surface area contributed by atoms with Crippen LogP contribution in [0.5, 0.6) is 17.2 Å². The highest BCUT2D eigenvalue weighted by molar-refractivity contribution is 7.80. The fourth-order valence-corrected chi connectivity index (χ4v) is 3.59. The van der Waals surface area contributed by atoms with E-state index >= 15 is 0 Å². The number of hydrogen-bond donors (Lipinski definition) is 2. The number of fused-ring (bicyclic) bond motifs is 4. The van der Waals surface area contributed by atoms with Crippen LogP contribution in [0.1, 0.15) is 10.4 Å². The van der Waals surface area contributed by atoms with Crippen molar-refractivity contribution in [3.05, 3.63) is 60.2 Å². The lowest BCUT2D eigenvalue weighted by Crippen LogP contribution is -2.34. The van der Waals surface area contributed by atoms with Crippen molar-refractivity contribution >= 4 is 50.9 Å². The molecule has 0 saturated heterocycles. The zero-order valence-corrected chi connectivity index (χ0v) is 16.7. The minimum atomic E-state index is -0.366. The maximum atomic E-state index is 12.5. The summed E-state index contributed by atoms with van der Waals surface area (Å²) >= 11 is 5.32. The summed E-state index contributed by atoms with van der Waals surface area (Å²) in [6.45, 7) is 0.143. The number of amides is 1. The Balaban J connectivity index is 1.38. The molecule has 1 amide bonds. The Hall–Kier alpha value is -3.78. The van der Waals surface area contributed by atoms with Gasteiger partial charge < -0.3 is 23.9 Å². The van der Waals surface area contributed by atoms with Crippen molar-refractivity contribution in [2.45, 2.75) is 0 Å². The Morgan fingerprint density at radius 1 is 1.00 bits per heavy atom. The number of hydrogen-bond acceptors (Lipinski definition) is 6. The first-order valence-corrected chi connectivity index (χ1v) is 9.54. The van der Waals surface area contributed by atoms with Crippen LogP contribution < -0.4 is 24.8 Å². The normalized spacial score (nSPS) is 12.2. The van der Waals surface area contributed by atoms with Crippen LogP contribution in [0.3, 0.4) is 0 Å². The van der Waals surface area contributed by atoms with E-state index in [0.717, 1.165) is 16.4 Å². The number of furan rings is 1. The van der Waals surface area contributed by atoms with Crippen molar-refractivity contribution in [2.75, 3.05) is 19.2 Å². The average molecular weight is 420 g/mol. The van der Waals surface area contributed by atoms with Crippen molar-refractivity contribution in [2.24, 2.45) is 0 Å². The second-order valence-electron chi connectivity index (χ2n) is 6.62. The fraction of sp³-hybridized carbons (Fsp3) is 0.0909. The second-order valence-corrected chi connectivity index (χ2v) is 7.03. The van der Waals surface area contributed by atoms with Crippen LogP contribution >= 0.6 is 12.2 Å². The molecule has 0 fully saturated rings. The van der Waals surface area contributed by atoms with Crippen LogP contribution in [-0.2, 0) is 0 Å². The first-order valence-electron chi connectivity index (χ1n) is 9.13. The van der Waals surface area contributed by atoms with E-state index in [4.69, 9.17) is 30.8 Å². The molecule has 8 heteroatoms. The van der Waals surface area contributed by atoms with Gasteiger partial charge in [-0.05, 0) is 42.5 Å². The number of carbonyl (C=O) groups excluding carboxylic acids is 1. The maximum absolute atomic E-state index is 12.5. The van der Waals surface area contributed by atoms with Gasteiger partial charge in [-0.15, -0.1) is 0 Å². The third kappa shape index (κ3) is 3.17. The molecule has 0 aliphatic carbocycles. The molecule has 2 heterocycles. The molecule has 1 aliphatic rings. The predicted octanol–water partition coefficient (Wildman–Crippen LogP) is 4.45. The molecule has 150 valence electrons. The molecule has 2 N–H and O–H groups in total. The van der Waals surface area contributed by atoms with Gasteiger partial charge in [-0.2, -0.15) is 0 Å². The van der Waals surface area contributed by atoms with E-state index in [1.54, 1.807) is 31.4 Å². The van der Waals surface area contributed by atoms with Gasteiger partial charge in [0, 0.05) is 22.4 Å². The summed E-state index contributed by atoms with van der Waals surface area (Å²) in [4.78, 5) is 12.5. The molecule has 4 aromatic rings. The number of ether oxygens (including phenoxy) is 3. The number of carbonyl (C=O) groups is 1. The van der Waals surface area contributed by atoms with E-state index in [1.807, 2.05) is 30.3 Å². The number of thiocarbonyl (C=S) groups is 1. The summed E-state index contributed by atoms with van der Waals surface area (Å²) in [6, 6.07) is 16.4. The summed E-state index contributed by atoms with van der Waals surface area (Å²) < 4.78 is 22.0. The SMILES string of the molecule is COc1cc2c(cc1NC(=S)NC(=O)c1ccc3c(c1)OCO3)oc1ccccc12. The van der Waals surface area contributed by atoms with Gasteiger partial charge >= 0.3 is 0 Å². The molecule has 0 radical (unpaired) electrons. The average Bonchev–Trinajstić information content (AvgIpc) is 3.36. The van der Waals surface area contributed by atoms with Crippen molar-refractivity contribution < 1.29 is 23.4 Å². The summed E-state index contributed by atoms with van der Waals surface area (Å²) in [6.07, 6.45) is 0. The summed E-state index contributed by atoms with van der Waals surface area (Å²) in [5.41, 5.74) is 2.46. The van der Waals surface area contributed by atoms with Crippen LogP contribution in [0.4, 0.5) is 5.69 Å². The van der Waals surface area contributed by atoms with E-state index in [-0.39, 0.29) is 17.8 Å². The standard InChI is InChI=1S/C22H16N2O5S/c1-26-19-9-14-13-4-2-3-5-16(13)29-18(14)10-15(19)23-22(30)24-21(25)12-6-7-17-20(8-12)28-11-27-17/h2-10H,11H2,1H3,(H2,23,24,25,30). The van der Waals surface area contributed by atoms with E-state index in [0.29, 0.717) is 34.1 Å². The maximum Gasteiger partial charge on any atom is 0.257 e. The topological polar surface area (TPSA) is 82.0 Å². The third-order valence-electron chi connectivity index (χ3n) is 4.81. The Labute approximate surface area is 176 Å². The van der Waals surface area contributed by atoms with Crippen molar-refractivity contribution in [1.29, 1.82) is 0 Å². The molecule has 5 rings (SSSR count). The van der Waals surface area contributed by atoms with Crippen LogP contribution in [0.2, 0.25) is 0 Å². The van der Waals surface area contributed by atoms with Crippen molar-refractivity contribution in [1.82, 2.24) is 5.32 Å². The minimum Gasteiger partial charge on any atom is -0.495 e. The largest absolute Gasteiger partial charge is 0.495 e. The Morgan fingerprint density at radius 2 is 1.83 bits per heavy atom. The number of methoxy groups -OCH3 is 1. The number of rotatable bonds is 3. The van der Waals surface area contributed by atoms with Crippen LogP contribution in [0, 0.1) is 0 Å². The molecule has 0 unspecified atom stereocenters. The lowest BCUT2D eigenvalue weighted by Gasteiger charge is -2.13. The summed E-state index contributed by atoms with van der Waals surface area (Å²) in [7, 11) is 1.57. The van der Waals surface area contributed by atoms with Crippen molar-refractivity contribution in [3.63, 3.8) is 0 Å². The second kappa shape index (κ2) is 7.23. The number of nitrogens with one attached hydrogen (secondary N) is 2. The fourth-order valence-electron chi connectivity index (χ4n) is 3.38. The number of para-hydroxylation sites is 1.